The van der Waals surface area contributed by atoms with Gasteiger partial charge in [-0.1, -0.05) is 13.8 Å². The molecule has 66 valence electrons. The highest BCUT2D eigenvalue weighted by Gasteiger charge is 2.02. The first-order chi connectivity index (χ1) is 4.95. The lowest BCUT2D eigenvalue weighted by atomic mass is 10.1. The predicted octanol–water partition coefficient (Wildman–Crippen LogP) is 2.36. The van der Waals surface area contributed by atoms with Gasteiger partial charge in [-0.3, -0.25) is 5.01 Å². The van der Waals surface area contributed by atoms with E-state index >= 15 is 0 Å². The van der Waals surface area contributed by atoms with E-state index in [0.29, 0.717) is 12.0 Å². The molecular weight excluding hydrogens is 136 g/mol. The highest BCUT2D eigenvalue weighted by atomic mass is 15.4. The zero-order chi connectivity index (χ0) is 9.02. The Morgan fingerprint density at radius 2 is 1.64 bits per heavy atom. The van der Waals surface area contributed by atoms with Crippen molar-refractivity contribution in [3.63, 3.8) is 0 Å². The van der Waals surface area contributed by atoms with Crippen LogP contribution in [0.15, 0.2) is 5.10 Å². The number of rotatable bonds is 3. The van der Waals surface area contributed by atoms with Crippen molar-refractivity contribution in [3.8, 4) is 0 Å². The lowest BCUT2D eigenvalue weighted by Gasteiger charge is -2.19. The molecule has 0 spiro atoms. The molecule has 0 saturated heterocycles. The largest absolute Gasteiger partial charge is 0.298 e. The minimum atomic E-state index is 0.490. The van der Waals surface area contributed by atoms with Crippen molar-refractivity contribution in [2.24, 2.45) is 11.0 Å². The van der Waals surface area contributed by atoms with Crippen LogP contribution < -0.4 is 0 Å². The molecule has 0 aromatic rings. The van der Waals surface area contributed by atoms with Gasteiger partial charge in [-0.25, -0.2) is 0 Å². The summed E-state index contributed by atoms with van der Waals surface area (Å²) in [7, 11) is 2.01. The Morgan fingerprint density at radius 3 is 1.91 bits per heavy atom. The number of nitrogens with zero attached hydrogens (tertiary/aromatic N) is 2. The van der Waals surface area contributed by atoms with Gasteiger partial charge in [0.1, 0.15) is 0 Å². The fourth-order valence-electron chi connectivity index (χ4n) is 0.480. The van der Waals surface area contributed by atoms with Crippen LogP contribution in [0.3, 0.4) is 0 Å². The topological polar surface area (TPSA) is 15.6 Å². The van der Waals surface area contributed by atoms with Gasteiger partial charge >= 0.3 is 0 Å². The van der Waals surface area contributed by atoms with Crippen molar-refractivity contribution in [2.75, 3.05) is 7.05 Å². The van der Waals surface area contributed by atoms with E-state index in [0.717, 1.165) is 0 Å². The van der Waals surface area contributed by atoms with Crippen LogP contribution in [0.25, 0.3) is 0 Å². The Kier molecular flexibility index (Phi) is 4.16. The molecule has 0 amide bonds. The molecule has 0 N–H and O–H groups in total. The molecule has 0 aliphatic carbocycles. The molecule has 0 atom stereocenters. The maximum Gasteiger partial charge on any atom is 0.0411 e. The van der Waals surface area contributed by atoms with E-state index in [9.17, 15) is 0 Å². The molecule has 0 aliphatic rings. The van der Waals surface area contributed by atoms with Gasteiger partial charge in [-0.15, -0.1) is 0 Å². The molecule has 0 saturated carbocycles. The van der Waals surface area contributed by atoms with E-state index in [1.165, 1.54) is 5.71 Å². The maximum absolute atomic E-state index is 4.43. The Balaban J connectivity index is 4.07. The third kappa shape index (κ3) is 4.02. The van der Waals surface area contributed by atoms with Crippen molar-refractivity contribution in [2.45, 2.75) is 40.7 Å². The zero-order valence-electron chi connectivity index (χ0n) is 8.55. The van der Waals surface area contributed by atoms with Gasteiger partial charge < -0.3 is 0 Å². The summed E-state index contributed by atoms with van der Waals surface area (Å²) in [6.07, 6.45) is 0. The van der Waals surface area contributed by atoms with E-state index in [1.54, 1.807) is 0 Å². The Morgan fingerprint density at radius 1 is 1.18 bits per heavy atom. The highest BCUT2D eigenvalue weighted by Crippen LogP contribution is 2.00. The van der Waals surface area contributed by atoms with Crippen LogP contribution in [-0.2, 0) is 0 Å². The van der Waals surface area contributed by atoms with Crippen molar-refractivity contribution in [1.29, 1.82) is 0 Å². The normalized spacial score (nSPS) is 12.9. The van der Waals surface area contributed by atoms with Gasteiger partial charge in [0.2, 0.25) is 0 Å². The fraction of sp³-hybridized carbons (Fsp3) is 0.889. The first kappa shape index (κ1) is 10.5. The minimum absolute atomic E-state index is 0.490. The molecule has 0 aromatic carbocycles. The summed E-state index contributed by atoms with van der Waals surface area (Å²) < 4.78 is 0. The molecule has 11 heavy (non-hydrogen) atoms. The second kappa shape index (κ2) is 4.37. The van der Waals surface area contributed by atoms with Crippen molar-refractivity contribution >= 4 is 5.71 Å². The number of hydrazone groups is 1. The Hall–Kier alpha value is -0.530. The first-order valence-electron chi connectivity index (χ1n) is 4.23. The predicted molar refractivity (Wildman–Crippen MR) is 50.8 cm³/mol. The van der Waals surface area contributed by atoms with Crippen LogP contribution in [0.1, 0.15) is 34.6 Å². The lowest BCUT2D eigenvalue weighted by Crippen LogP contribution is -2.22. The van der Waals surface area contributed by atoms with Gasteiger partial charge in [-0.05, 0) is 26.7 Å². The monoisotopic (exact) mass is 156 g/mol. The molecule has 0 fully saturated rings. The van der Waals surface area contributed by atoms with Gasteiger partial charge in [0.15, 0.2) is 0 Å². The Labute approximate surface area is 70.3 Å². The van der Waals surface area contributed by atoms with Crippen LogP contribution in [0.4, 0.5) is 0 Å². The smallest absolute Gasteiger partial charge is 0.0411 e. The third-order valence-electron chi connectivity index (χ3n) is 1.90. The number of hydrogen-bond acceptors (Lipinski definition) is 2. The van der Waals surface area contributed by atoms with Crippen molar-refractivity contribution < 1.29 is 0 Å². The molecule has 0 heterocycles. The summed E-state index contributed by atoms with van der Waals surface area (Å²) in [5.74, 6) is 0.552. The minimum Gasteiger partial charge on any atom is -0.298 e. The van der Waals surface area contributed by atoms with Crippen LogP contribution >= 0.6 is 0 Å². The average Bonchev–Trinajstić information content (AvgIpc) is 1.87. The van der Waals surface area contributed by atoms with Crippen LogP contribution in [-0.4, -0.2) is 23.8 Å². The Bertz CT molecular complexity index is 136. The summed E-state index contributed by atoms with van der Waals surface area (Å²) in [5, 5.41) is 6.42. The van der Waals surface area contributed by atoms with Crippen LogP contribution in [0.5, 0.6) is 0 Å². The van der Waals surface area contributed by atoms with E-state index in [1.807, 2.05) is 12.1 Å². The summed E-state index contributed by atoms with van der Waals surface area (Å²) >= 11 is 0. The standard InChI is InChI=1S/C9H20N2/c1-7(2)9(5)10-11(6)8(3)4/h7-8H,1-6H3/b10-9+. The summed E-state index contributed by atoms with van der Waals surface area (Å²) in [5.41, 5.74) is 1.20. The van der Waals surface area contributed by atoms with Crippen LogP contribution in [0.2, 0.25) is 0 Å². The molecule has 0 rings (SSSR count). The maximum atomic E-state index is 4.43. The van der Waals surface area contributed by atoms with Gasteiger partial charge in [0.25, 0.3) is 0 Å². The second-order valence-electron chi connectivity index (χ2n) is 3.56. The van der Waals surface area contributed by atoms with E-state index in [4.69, 9.17) is 0 Å². The molecule has 2 nitrogen and oxygen atoms in total. The number of hydrogen-bond donors (Lipinski definition) is 0. The molecule has 0 bridgehead atoms. The highest BCUT2D eigenvalue weighted by molar-refractivity contribution is 5.83. The molecule has 0 aromatic heterocycles. The summed E-state index contributed by atoms with van der Waals surface area (Å²) in [4.78, 5) is 0. The molecule has 0 aliphatic heterocycles. The first-order valence-corrected chi connectivity index (χ1v) is 4.23. The van der Waals surface area contributed by atoms with E-state index in [-0.39, 0.29) is 0 Å². The molecular formula is C9H20N2. The van der Waals surface area contributed by atoms with Crippen molar-refractivity contribution in [3.05, 3.63) is 0 Å². The average molecular weight is 156 g/mol. The lowest BCUT2D eigenvalue weighted by molar-refractivity contribution is 0.286. The fourth-order valence-corrected chi connectivity index (χ4v) is 0.480. The van der Waals surface area contributed by atoms with E-state index in [2.05, 4.69) is 39.7 Å². The molecule has 0 unspecified atom stereocenters. The second-order valence-corrected chi connectivity index (χ2v) is 3.56. The quantitative estimate of drug-likeness (QED) is 0.452. The zero-order valence-corrected chi connectivity index (χ0v) is 8.55. The van der Waals surface area contributed by atoms with Gasteiger partial charge in [-0.2, -0.15) is 5.10 Å². The van der Waals surface area contributed by atoms with Crippen LogP contribution in [0, 0.1) is 5.92 Å². The van der Waals surface area contributed by atoms with Crippen molar-refractivity contribution in [1.82, 2.24) is 5.01 Å². The molecule has 0 radical (unpaired) electrons. The molecule has 2 heteroatoms. The van der Waals surface area contributed by atoms with Gasteiger partial charge in [0, 0.05) is 18.8 Å². The summed E-state index contributed by atoms with van der Waals surface area (Å²) in [6.45, 7) is 10.7. The summed E-state index contributed by atoms with van der Waals surface area (Å²) in [6, 6.07) is 0.490. The van der Waals surface area contributed by atoms with Gasteiger partial charge in [0.05, 0.1) is 0 Å². The SMILES string of the molecule is C/C(=N\N(C)C(C)C)C(C)C. The van der Waals surface area contributed by atoms with E-state index < -0.39 is 0 Å². The third-order valence-corrected chi connectivity index (χ3v) is 1.90.